The van der Waals surface area contributed by atoms with E-state index in [9.17, 15) is 4.79 Å². The Bertz CT molecular complexity index is 916. The van der Waals surface area contributed by atoms with Crippen LogP contribution in [0.3, 0.4) is 0 Å². The number of carbonyl (C=O) groups is 1. The quantitative estimate of drug-likeness (QED) is 0.770. The molecule has 0 radical (unpaired) electrons. The van der Waals surface area contributed by atoms with Gasteiger partial charge in [0, 0.05) is 18.3 Å². The zero-order valence-corrected chi connectivity index (χ0v) is 14.0. The lowest BCUT2D eigenvalue weighted by molar-refractivity contribution is -0.126. The van der Waals surface area contributed by atoms with Crippen LogP contribution in [-0.2, 0) is 17.8 Å². The third-order valence-electron chi connectivity index (χ3n) is 4.63. The topological polar surface area (TPSA) is 63.4 Å². The Morgan fingerprint density at radius 3 is 3.12 bits per heavy atom. The van der Waals surface area contributed by atoms with Gasteiger partial charge in [-0.1, -0.05) is 24.3 Å². The Kier molecular flexibility index (Phi) is 4.06. The molecule has 2 aromatic carbocycles. The van der Waals surface area contributed by atoms with E-state index in [2.05, 4.69) is 22.4 Å². The minimum atomic E-state index is -0.186. The molecular weight excluding hydrogens is 316 g/mol. The number of hydrogen-bond donors (Lipinski definition) is 2. The van der Waals surface area contributed by atoms with Gasteiger partial charge in [0.15, 0.2) is 11.5 Å². The molecule has 3 aromatic rings. The summed E-state index contributed by atoms with van der Waals surface area (Å²) in [5.41, 5.74) is 3.16. The lowest BCUT2D eigenvalue weighted by Gasteiger charge is -2.25. The molecule has 1 amide bonds. The second-order valence-corrected chi connectivity index (χ2v) is 6.28. The highest BCUT2D eigenvalue weighted by Crippen LogP contribution is 2.36. The summed E-state index contributed by atoms with van der Waals surface area (Å²) >= 11 is 0. The predicted octanol–water partition coefficient (Wildman–Crippen LogP) is 3.04. The zero-order valence-electron chi connectivity index (χ0n) is 14.0. The van der Waals surface area contributed by atoms with Crippen molar-refractivity contribution in [2.45, 2.75) is 13.0 Å². The molecule has 0 bridgehead atoms. The molecule has 1 aliphatic rings. The third-order valence-corrected chi connectivity index (χ3v) is 4.63. The molecule has 128 valence electrons. The van der Waals surface area contributed by atoms with E-state index in [1.54, 1.807) is 7.11 Å². The van der Waals surface area contributed by atoms with Crippen molar-refractivity contribution in [2.24, 2.45) is 5.92 Å². The lowest BCUT2D eigenvalue weighted by Crippen LogP contribution is -2.37. The second kappa shape index (κ2) is 6.51. The number of methoxy groups -OCH3 is 1. The van der Waals surface area contributed by atoms with Gasteiger partial charge in [-0.05, 0) is 41.1 Å². The van der Waals surface area contributed by atoms with E-state index >= 15 is 0 Å². The van der Waals surface area contributed by atoms with Crippen LogP contribution >= 0.6 is 0 Å². The van der Waals surface area contributed by atoms with E-state index < -0.39 is 0 Å². The molecule has 2 N–H and O–H groups in total. The minimum Gasteiger partial charge on any atom is -0.493 e. The maximum atomic E-state index is 12.5. The number of rotatable bonds is 4. The van der Waals surface area contributed by atoms with Crippen LogP contribution in [0.25, 0.3) is 10.9 Å². The number of fused-ring (bicyclic) bond motifs is 2. The summed E-state index contributed by atoms with van der Waals surface area (Å²) < 4.78 is 11.1. The molecule has 0 saturated heterocycles. The first-order chi connectivity index (χ1) is 12.2. The van der Waals surface area contributed by atoms with E-state index in [0.717, 1.165) is 28.1 Å². The van der Waals surface area contributed by atoms with Crippen molar-refractivity contribution in [1.82, 2.24) is 10.3 Å². The highest BCUT2D eigenvalue weighted by atomic mass is 16.5. The van der Waals surface area contributed by atoms with Gasteiger partial charge in [-0.2, -0.15) is 0 Å². The summed E-state index contributed by atoms with van der Waals surface area (Å²) in [7, 11) is 1.62. The molecule has 0 unspecified atom stereocenters. The van der Waals surface area contributed by atoms with E-state index in [4.69, 9.17) is 9.47 Å². The van der Waals surface area contributed by atoms with E-state index in [-0.39, 0.29) is 11.8 Å². The number of aromatic nitrogens is 1. The number of nitrogens with one attached hydrogen (secondary N) is 2. The first-order valence-corrected chi connectivity index (χ1v) is 8.37. The molecule has 0 saturated carbocycles. The molecule has 0 spiro atoms. The molecule has 4 rings (SSSR count). The predicted molar refractivity (Wildman–Crippen MR) is 95.8 cm³/mol. The van der Waals surface area contributed by atoms with E-state index in [1.807, 2.05) is 36.5 Å². The molecule has 1 aliphatic heterocycles. The minimum absolute atomic E-state index is 0.0139. The van der Waals surface area contributed by atoms with Gasteiger partial charge in [0.2, 0.25) is 5.91 Å². The molecule has 0 fully saturated rings. The number of aromatic amines is 1. The SMILES string of the molecule is COc1cccc2c1OC[C@H](C(=O)NCc1ccc3cc[nH]c3c1)C2. The van der Waals surface area contributed by atoms with E-state index in [0.29, 0.717) is 19.6 Å². The van der Waals surface area contributed by atoms with Crippen molar-refractivity contribution in [2.75, 3.05) is 13.7 Å². The standard InChI is InChI=1S/C20H20N2O3/c1-24-18-4-2-3-15-10-16(12-25-19(15)18)20(23)22-11-13-5-6-14-7-8-21-17(14)9-13/h2-9,16,21H,10-12H2,1H3,(H,22,23)/t16-/m1/s1. The Labute approximate surface area is 146 Å². The maximum Gasteiger partial charge on any atom is 0.227 e. The molecule has 1 atom stereocenters. The van der Waals surface area contributed by atoms with Crippen LogP contribution in [0.2, 0.25) is 0 Å². The summed E-state index contributed by atoms with van der Waals surface area (Å²) in [6.07, 6.45) is 2.58. The highest BCUT2D eigenvalue weighted by molar-refractivity contribution is 5.81. The monoisotopic (exact) mass is 336 g/mol. The van der Waals surface area contributed by atoms with Crippen LogP contribution in [-0.4, -0.2) is 24.6 Å². The Morgan fingerprint density at radius 2 is 2.24 bits per heavy atom. The normalized spacial score (nSPS) is 16.1. The number of amides is 1. The number of H-pyrrole nitrogens is 1. The number of hydrogen-bond acceptors (Lipinski definition) is 3. The fourth-order valence-corrected chi connectivity index (χ4v) is 3.26. The Hall–Kier alpha value is -2.95. The van der Waals surface area contributed by atoms with Crippen molar-refractivity contribution in [3.63, 3.8) is 0 Å². The van der Waals surface area contributed by atoms with Gasteiger partial charge in [0.25, 0.3) is 0 Å². The largest absolute Gasteiger partial charge is 0.493 e. The number of ether oxygens (including phenoxy) is 2. The van der Waals surface area contributed by atoms with Gasteiger partial charge in [0.05, 0.1) is 13.0 Å². The average molecular weight is 336 g/mol. The van der Waals surface area contributed by atoms with Crippen LogP contribution in [0.15, 0.2) is 48.7 Å². The molecule has 2 heterocycles. The first kappa shape index (κ1) is 15.6. The van der Waals surface area contributed by atoms with Crippen LogP contribution in [0.4, 0.5) is 0 Å². The summed E-state index contributed by atoms with van der Waals surface area (Å²) in [4.78, 5) is 15.7. The number of para-hydroxylation sites is 1. The Balaban J connectivity index is 1.41. The summed E-state index contributed by atoms with van der Waals surface area (Å²) in [5, 5.41) is 4.19. The molecular formula is C20H20N2O3. The lowest BCUT2D eigenvalue weighted by atomic mass is 9.95. The molecule has 0 aliphatic carbocycles. The molecule has 5 nitrogen and oxygen atoms in total. The van der Waals surface area contributed by atoms with Crippen LogP contribution in [0, 0.1) is 5.92 Å². The van der Waals surface area contributed by atoms with Gasteiger partial charge >= 0.3 is 0 Å². The maximum absolute atomic E-state index is 12.5. The van der Waals surface area contributed by atoms with Crippen LogP contribution in [0.1, 0.15) is 11.1 Å². The first-order valence-electron chi connectivity index (χ1n) is 8.37. The fourth-order valence-electron chi connectivity index (χ4n) is 3.26. The number of benzene rings is 2. The van der Waals surface area contributed by atoms with Gasteiger partial charge < -0.3 is 19.8 Å². The van der Waals surface area contributed by atoms with Gasteiger partial charge in [-0.25, -0.2) is 0 Å². The van der Waals surface area contributed by atoms with Crippen molar-refractivity contribution in [3.8, 4) is 11.5 Å². The van der Waals surface area contributed by atoms with Gasteiger partial charge in [-0.3, -0.25) is 4.79 Å². The van der Waals surface area contributed by atoms with Crippen molar-refractivity contribution >= 4 is 16.8 Å². The summed E-state index contributed by atoms with van der Waals surface area (Å²) in [6, 6.07) is 14.0. The van der Waals surface area contributed by atoms with Crippen molar-refractivity contribution in [1.29, 1.82) is 0 Å². The molecule has 25 heavy (non-hydrogen) atoms. The summed E-state index contributed by atoms with van der Waals surface area (Å²) in [5.74, 6) is 1.30. The van der Waals surface area contributed by atoms with Crippen molar-refractivity contribution in [3.05, 3.63) is 59.8 Å². The third kappa shape index (κ3) is 3.05. The zero-order chi connectivity index (χ0) is 17.2. The van der Waals surface area contributed by atoms with Crippen LogP contribution in [0.5, 0.6) is 11.5 Å². The molecule has 5 heteroatoms. The highest BCUT2D eigenvalue weighted by Gasteiger charge is 2.27. The smallest absolute Gasteiger partial charge is 0.227 e. The fraction of sp³-hybridized carbons (Fsp3) is 0.250. The number of carbonyl (C=O) groups excluding carboxylic acids is 1. The molecule has 1 aromatic heterocycles. The Morgan fingerprint density at radius 1 is 1.32 bits per heavy atom. The van der Waals surface area contributed by atoms with Gasteiger partial charge in [-0.15, -0.1) is 0 Å². The van der Waals surface area contributed by atoms with Gasteiger partial charge in [0.1, 0.15) is 6.61 Å². The van der Waals surface area contributed by atoms with Crippen LogP contribution < -0.4 is 14.8 Å². The average Bonchev–Trinajstić information content (AvgIpc) is 3.12. The summed E-state index contributed by atoms with van der Waals surface area (Å²) in [6.45, 7) is 0.879. The second-order valence-electron chi connectivity index (χ2n) is 6.28. The van der Waals surface area contributed by atoms with Crippen molar-refractivity contribution < 1.29 is 14.3 Å². The van der Waals surface area contributed by atoms with E-state index in [1.165, 1.54) is 5.39 Å².